The van der Waals surface area contributed by atoms with Crippen LogP contribution in [0.15, 0.2) is 117 Å². The Labute approximate surface area is 222 Å². The summed E-state index contributed by atoms with van der Waals surface area (Å²) in [6, 6.07) is 29.6. The van der Waals surface area contributed by atoms with Gasteiger partial charge in [0, 0.05) is 11.1 Å². The van der Waals surface area contributed by atoms with Crippen molar-refractivity contribution in [2.45, 2.75) is 59.8 Å². The zero-order valence-electron chi connectivity index (χ0n) is 21.6. The summed E-state index contributed by atoms with van der Waals surface area (Å²) in [5.74, 6) is 0.373. The van der Waals surface area contributed by atoms with Gasteiger partial charge >= 0.3 is 0 Å². The SMILES string of the molecule is Cc1cc(OC(C)(C)C)cc(C)c1[S+](c1ccccc1)c1ccccc1.O=S(=O)([O-])c1ccc(F)cc1. The van der Waals surface area contributed by atoms with Crippen LogP contribution in [0.5, 0.6) is 5.75 Å². The highest BCUT2D eigenvalue weighted by Gasteiger charge is 2.32. The number of ether oxygens (including phenoxy) is 1. The Hall–Kier alpha value is -3.13. The van der Waals surface area contributed by atoms with Crippen LogP contribution in [0.25, 0.3) is 0 Å². The van der Waals surface area contributed by atoms with Crippen LogP contribution < -0.4 is 4.74 Å². The molecular weight excluding hydrogens is 507 g/mol. The predicted octanol–water partition coefficient (Wildman–Crippen LogP) is 7.31. The Morgan fingerprint density at radius 2 is 1.19 bits per heavy atom. The van der Waals surface area contributed by atoms with E-state index in [-0.39, 0.29) is 16.5 Å². The molecule has 0 aliphatic carbocycles. The van der Waals surface area contributed by atoms with E-state index < -0.39 is 20.8 Å². The lowest BCUT2D eigenvalue weighted by atomic mass is 10.1. The molecule has 194 valence electrons. The lowest BCUT2D eigenvalue weighted by Crippen LogP contribution is -2.23. The average molecular weight is 539 g/mol. The molecule has 0 N–H and O–H groups in total. The van der Waals surface area contributed by atoms with Crippen molar-refractivity contribution in [3.05, 3.63) is 114 Å². The highest BCUT2D eigenvalue weighted by molar-refractivity contribution is 7.97. The molecule has 4 rings (SSSR count). The average Bonchev–Trinajstić information content (AvgIpc) is 2.81. The van der Waals surface area contributed by atoms with E-state index in [1.54, 1.807) is 0 Å². The van der Waals surface area contributed by atoms with Crippen molar-refractivity contribution in [3.8, 4) is 5.75 Å². The van der Waals surface area contributed by atoms with E-state index in [4.69, 9.17) is 4.74 Å². The molecule has 0 bridgehead atoms. The fraction of sp³-hybridized carbons (Fsp3) is 0.200. The van der Waals surface area contributed by atoms with Gasteiger partial charge < -0.3 is 9.29 Å². The second-order valence-corrected chi connectivity index (χ2v) is 12.8. The van der Waals surface area contributed by atoms with Gasteiger partial charge in [-0.05, 0) is 95.3 Å². The van der Waals surface area contributed by atoms with Gasteiger partial charge in [0.2, 0.25) is 0 Å². The van der Waals surface area contributed by atoms with Crippen molar-refractivity contribution in [2.24, 2.45) is 0 Å². The molecule has 0 aromatic heterocycles. The first-order valence-electron chi connectivity index (χ1n) is 11.7. The van der Waals surface area contributed by atoms with Gasteiger partial charge in [0.1, 0.15) is 27.3 Å². The molecular formula is C30H31FO4S2. The van der Waals surface area contributed by atoms with Crippen molar-refractivity contribution in [1.82, 2.24) is 0 Å². The summed E-state index contributed by atoms with van der Waals surface area (Å²) in [6.07, 6.45) is 0. The number of hydrogen-bond acceptors (Lipinski definition) is 4. The van der Waals surface area contributed by atoms with Gasteiger partial charge in [-0.15, -0.1) is 0 Å². The molecule has 0 fully saturated rings. The molecule has 0 heterocycles. The predicted molar refractivity (Wildman–Crippen MR) is 146 cm³/mol. The van der Waals surface area contributed by atoms with E-state index in [1.165, 1.54) is 25.8 Å². The number of aryl methyl sites for hydroxylation is 2. The maximum absolute atomic E-state index is 12.2. The molecule has 7 heteroatoms. The smallest absolute Gasteiger partial charge is 0.172 e. The monoisotopic (exact) mass is 538 g/mol. The van der Waals surface area contributed by atoms with Crippen molar-refractivity contribution >= 4 is 21.0 Å². The first-order chi connectivity index (χ1) is 17.3. The third kappa shape index (κ3) is 8.18. The van der Waals surface area contributed by atoms with Gasteiger partial charge in [-0.2, -0.15) is 0 Å². The lowest BCUT2D eigenvalue weighted by molar-refractivity contribution is 0.130. The second-order valence-electron chi connectivity index (χ2n) is 9.44. The summed E-state index contributed by atoms with van der Waals surface area (Å²) in [5.41, 5.74) is 2.36. The van der Waals surface area contributed by atoms with Crippen LogP contribution in [0.3, 0.4) is 0 Å². The van der Waals surface area contributed by atoms with Crippen LogP contribution in [0.2, 0.25) is 0 Å². The van der Waals surface area contributed by atoms with Crippen LogP contribution in [-0.2, 0) is 21.0 Å². The minimum Gasteiger partial charge on any atom is -0.744 e. The highest BCUT2D eigenvalue weighted by atomic mass is 32.2. The Balaban J connectivity index is 0.000000289. The van der Waals surface area contributed by atoms with Crippen molar-refractivity contribution < 1.29 is 22.1 Å². The van der Waals surface area contributed by atoms with Crippen LogP contribution in [0.1, 0.15) is 31.9 Å². The molecule has 0 saturated carbocycles. The summed E-state index contributed by atoms with van der Waals surface area (Å²) in [6.45, 7) is 10.7. The zero-order chi connectivity index (χ0) is 27.2. The first kappa shape index (κ1) is 28.4. The Kier molecular flexibility index (Phi) is 9.18. The fourth-order valence-corrected chi connectivity index (χ4v) is 6.56. The second kappa shape index (κ2) is 11.9. The maximum Gasteiger partial charge on any atom is 0.172 e. The number of halogens is 1. The Morgan fingerprint density at radius 3 is 1.57 bits per heavy atom. The number of benzene rings is 4. The molecule has 4 aromatic rings. The summed E-state index contributed by atoms with van der Waals surface area (Å²) in [5, 5.41) is 0. The lowest BCUT2D eigenvalue weighted by Gasteiger charge is -2.22. The summed E-state index contributed by atoms with van der Waals surface area (Å²) >= 11 is 0. The van der Waals surface area contributed by atoms with Crippen molar-refractivity contribution in [2.75, 3.05) is 0 Å². The van der Waals surface area contributed by atoms with Crippen LogP contribution in [-0.4, -0.2) is 18.6 Å². The summed E-state index contributed by atoms with van der Waals surface area (Å²) in [7, 11) is -4.56. The van der Waals surface area contributed by atoms with Crippen LogP contribution >= 0.6 is 0 Å². The van der Waals surface area contributed by atoms with Crippen molar-refractivity contribution in [1.29, 1.82) is 0 Å². The molecule has 0 amide bonds. The van der Waals surface area contributed by atoms with Crippen molar-refractivity contribution in [3.63, 3.8) is 0 Å². The minimum atomic E-state index is -4.44. The fourth-order valence-electron chi connectivity index (χ4n) is 3.73. The van der Waals surface area contributed by atoms with Crippen LogP contribution in [0, 0.1) is 19.7 Å². The third-order valence-electron chi connectivity index (χ3n) is 5.12. The molecule has 0 saturated heterocycles. The molecule has 4 aromatic carbocycles. The molecule has 0 aliphatic heterocycles. The quantitative estimate of drug-likeness (QED) is 0.197. The molecule has 0 spiro atoms. The van der Waals surface area contributed by atoms with Gasteiger partial charge in [0.15, 0.2) is 14.7 Å². The van der Waals surface area contributed by atoms with Gasteiger partial charge in [-0.1, -0.05) is 36.4 Å². The van der Waals surface area contributed by atoms with Gasteiger partial charge in [0.25, 0.3) is 0 Å². The number of rotatable bonds is 5. The molecule has 0 aliphatic rings. The molecule has 0 unspecified atom stereocenters. The highest BCUT2D eigenvalue weighted by Crippen LogP contribution is 2.37. The normalized spacial score (nSPS) is 11.6. The maximum atomic E-state index is 12.2. The van der Waals surface area contributed by atoms with E-state index in [0.29, 0.717) is 0 Å². The van der Waals surface area contributed by atoms with Crippen LogP contribution in [0.4, 0.5) is 4.39 Å². The molecule has 4 nitrogen and oxygen atoms in total. The summed E-state index contributed by atoms with van der Waals surface area (Å²) in [4.78, 5) is 3.66. The minimum absolute atomic E-state index is 0.125. The third-order valence-corrected chi connectivity index (χ3v) is 8.51. The van der Waals surface area contributed by atoms with E-state index >= 15 is 0 Å². The van der Waals surface area contributed by atoms with E-state index in [0.717, 1.165) is 30.0 Å². The van der Waals surface area contributed by atoms with Gasteiger partial charge in [0.05, 0.1) is 15.8 Å². The Bertz CT molecular complexity index is 1350. The van der Waals surface area contributed by atoms with E-state index in [1.807, 2.05) is 0 Å². The summed E-state index contributed by atoms with van der Waals surface area (Å²) < 4.78 is 49.1. The van der Waals surface area contributed by atoms with E-state index in [9.17, 15) is 17.4 Å². The molecule has 0 radical (unpaired) electrons. The largest absolute Gasteiger partial charge is 0.744 e. The molecule has 37 heavy (non-hydrogen) atoms. The zero-order valence-corrected chi connectivity index (χ0v) is 23.2. The number of hydrogen-bond donors (Lipinski definition) is 0. The van der Waals surface area contributed by atoms with E-state index in [2.05, 4.69) is 107 Å². The Morgan fingerprint density at radius 1 is 0.757 bits per heavy atom. The standard InChI is InChI=1S/C24H27OS.C6H5FO3S/c1-18-16-20(25-24(3,4)5)17-19(2)23(18)26(21-12-8-6-9-13-21)22-14-10-7-11-15-22;7-5-1-3-6(4-2-5)11(8,9)10/h6-17H,1-5H3;1-4H,(H,8,9,10)/q+1;/p-1. The van der Waals surface area contributed by atoms with Gasteiger partial charge in [-0.25, -0.2) is 12.8 Å². The molecule has 0 atom stereocenters. The van der Waals surface area contributed by atoms with Gasteiger partial charge in [-0.3, -0.25) is 0 Å². The topological polar surface area (TPSA) is 66.4 Å². The first-order valence-corrected chi connectivity index (χ1v) is 14.3.